The third kappa shape index (κ3) is 4.96. The number of rotatable bonds is 4. The first-order chi connectivity index (χ1) is 32.5. The summed E-state index contributed by atoms with van der Waals surface area (Å²) in [6.07, 6.45) is 0. The Morgan fingerprint density at radius 2 is 0.742 bits per heavy atom. The molecule has 14 rings (SSSR count). The molecule has 310 valence electrons. The second kappa shape index (κ2) is 13.7. The van der Waals surface area contributed by atoms with Gasteiger partial charge in [0.15, 0.2) is 0 Å². The van der Waals surface area contributed by atoms with Crippen LogP contribution in [0.2, 0.25) is 0 Å². The van der Waals surface area contributed by atoms with E-state index < -0.39 is 5.41 Å². The van der Waals surface area contributed by atoms with Crippen molar-refractivity contribution in [2.45, 2.75) is 24.7 Å². The molecule has 0 radical (unpaired) electrons. The zero-order valence-corrected chi connectivity index (χ0v) is 36.7. The first kappa shape index (κ1) is 37.2. The summed E-state index contributed by atoms with van der Waals surface area (Å²) in [4.78, 5) is 2.48. The van der Waals surface area contributed by atoms with Gasteiger partial charge in [-0.05, 0) is 138 Å². The highest BCUT2D eigenvalue weighted by molar-refractivity contribution is 6.12. The van der Waals surface area contributed by atoms with Gasteiger partial charge in [0.25, 0.3) is 0 Å². The lowest BCUT2D eigenvalue weighted by Gasteiger charge is -2.36. The van der Waals surface area contributed by atoms with E-state index in [1.807, 2.05) is 6.07 Å². The molecule has 0 unspecified atom stereocenters. The molecule has 11 aromatic rings. The summed E-state index contributed by atoms with van der Waals surface area (Å²) in [5, 5.41) is 2.28. The van der Waals surface area contributed by atoms with Crippen LogP contribution in [0.3, 0.4) is 0 Å². The molecule has 10 aromatic carbocycles. The third-order valence-electron chi connectivity index (χ3n) is 15.1. The third-order valence-corrected chi connectivity index (χ3v) is 15.1. The molecule has 0 bridgehead atoms. The highest BCUT2D eigenvalue weighted by Crippen LogP contribution is 2.62. The van der Waals surface area contributed by atoms with Crippen LogP contribution in [0.1, 0.15) is 47.2 Å². The zero-order chi connectivity index (χ0) is 43.7. The normalized spacial score (nSPS) is 14.2. The Morgan fingerprint density at radius 1 is 0.318 bits per heavy atom. The monoisotopic (exact) mass is 841 g/mol. The van der Waals surface area contributed by atoms with Gasteiger partial charge in [-0.1, -0.05) is 190 Å². The van der Waals surface area contributed by atoms with Crippen molar-refractivity contribution < 1.29 is 4.42 Å². The van der Waals surface area contributed by atoms with Gasteiger partial charge in [0.05, 0.1) is 5.41 Å². The standard InChI is InChI=1S/C64H43NO/c1-63(2)54-24-10-5-20-49(54)51-36-34-42(38-58(51)63)65(41-32-30-40(31-33-41)44-23-15-29-61-62(44)53-22-9-14-28-60(53)66-61)43-35-37-52-50-21-8-13-27-57(50)64(59(52)39-43)55-25-11-6-18-47(55)45-16-3-4-17-46(45)48-19-7-12-26-56(48)64/h3-39H,1-2H3. The summed E-state index contributed by atoms with van der Waals surface area (Å²) >= 11 is 0. The van der Waals surface area contributed by atoms with Gasteiger partial charge >= 0.3 is 0 Å². The smallest absolute Gasteiger partial charge is 0.136 e. The van der Waals surface area contributed by atoms with E-state index in [-0.39, 0.29) is 5.41 Å². The molecule has 0 N–H and O–H groups in total. The van der Waals surface area contributed by atoms with Crippen molar-refractivity contribution in [1.82, 2.24) is 0 Å². The predicted octanol–water partition coefficient (Wildman–Crippen LogP) is 17.0. The molecular formula is C64H43NO. The van der Waals surface area contributed by atoms with Gasteiger partial charge in [-0.25, -0.2) is 0 Å². The molecule has 1 heterocycles. The van der Waals surface area contributed by atoms with E-state index in [1.165, 1.54) is 77.9 Å². The Hall–Kier alpha value is -8.20. The molecular weight excluding hydrogens is 799 g/mol. The van der Waals surface area contributed by atoms with E-state index in [4.69, 9.17) is 4.42 Å². The maximum absolute atomic E-state index is 6.34. The van der Waals surface area contributed by atoms with Gasteiger partial charge in [0, 0.05) is 33.2 Å². The van der Waals surface area contributed by atoms with Crippen molar-refractivity contribution in [2.75, 3.05) is 4.90 Å². The molecule has 1 spiro atoms. The lowest BCUT2D eigenvalue weighted by Crippen LogP contribution is -2.29. The van der Waals surface area contributed by atoms with Crippen molar-refractivity contribution in [1.29, 1.82) is 0 Å². The molecule has 0 saturated heterocycles. The summed E-state index contributed by atoms with van der Waals surface area (Å²) in [6.45, 7) is 4.74. The number of anilines is 3. The van der Waals surface area contributed by atoms with Crippen LogP contribution < -0.4 is 4.90 Å². The van der Waals surface area contributed by atoms with E-state index in [0.29, 0.717) is 0 Å². The molecule has 0 atom stereocenters. The molecule has 0 fully saturated rings. The summed E-state index contributed by atoms with van der Waals surface area (Å²) in [5.41, 5.74) is 24.9. The maximum atomic E-state index is 6.34. The summed E-state index contributed by atoms with van der Waals surface area (Å²) in [6, 6.07) is 83.6. The summed E-state index contributed by atoms with van der Waals surface area (Å²) in [5.74, 6) is 0. The number of nitrogens with zero attached hydrogens (tertiary/aromatic N) is 1. The van der Waals surface area contributed by atoms with Gasteiger partial charge in [-0.15, -0.1) is 0 Å². The molecule has 3 aliphatic rings. The minimum atomic E-state index is -0.586. The fraction of sp³-hybridized carbons (Fsp3) is 0.0625. The van der Waals surface area contributed by atoms with E-state index in [1.54, 1.807) is 0 Å². The fourth-order valence-corrected chi connectivity index (χ4v) is 12.3. The van der Waals surface area contributed by atoms with Crippen LogP contribution in [0, 0.1) is 0 Å². The Labute approximate surface area is 384 Å². The first-order valence-corrected chi connectivity index (χ1v) is 23.1. The number of hydrogen-bond donors (Lipinski definition) is 0. The minimum Gasteiger partial charge on any atom is -0.456 e. The zero-order valence-electron chi connectivity index (χ0n) is 36.7. The molecule has 66 heavy (non-hydrogen) atoms. The van der Waals surface area contributed by atoms with E-state index in [9.17, 15) is 0 Å². The molecule has 2 heteroatoms. The lowest BCUT2D eigenvalue weighted by atomic mass is 9.66. The molecule has 0 aliphatic heterocycles. The molecule has 0 amide bonds. The maximum Gasteiger partial charge on any atom is 0.136 e. The SMILES string of the molecule is CC1(C)c2ccccc2-c2ccc(N(c3ccc(-c4cccc5oc6ccccc6c45)cc3)c3ccc4c(c3)C3(c5ccccc5-c5ccccc5-c5ccccc53)c3ccccc3-4)cc21. The number of furan rings is 1. The Balaban J connectivity index is 1.02. The van der Waals surface area contributed by atoms with Crippen molar-refractivity contribution in [3.8, 4) is 55.6 Å². The molecule has 1 aromatic heterocycles. The molecule has 3 aliphatic carbocycles. The van der Waals surface area contributed by atoms with Crippen LogP contribution in [0.15, 0.2) is 229 Å². The van der Waals surface area contributed by atoms with Crippen LogP contribution in [-0.2, 0) is 10.8 Å². The lowest BCUT2D eigenvalue weighted by molar-refractivity contribution is 0.660. The van der Waals surface area contributed by atoms with Crippen molar-refractivity contribution in [3.05, 3.63) is 258 Å². The Kier molecular flexibility index (Phi) is 7.70. The molecule has 0 saturated carbocycles. The van der Waals surface area contributed by atoms with Crippen LogP contribution in [-0.4, -0.2) is 0 Å². The second-order valence-corrected chi connectivity index (χ2v) is 18.7. The van der Waals surface area contributed by atoms with Gasteiger partial charge in [0.2, 0.25) is 0 Å². The van der Waals surface area contributed by atoms with Crippen LogP contribution in [0.5, 0.6) is 0 Å². The number of para-hydroxylation sites is 1. The van der Waals surface area contributed by atoms with Gasteiger partial charge in [0.1, 0.15) is 11.2 Å². The summed E-state index contributed by atoms with van der Waals surface area (Å²) in [7, 11) is 0. The van der Waals surface area contributed by atoms with Crippen molar-refractivity contribution in [3.63, 3.8) is 0 Å². The quantitative estimate of drug-likeness (QED) is 0.176. The first-order valence-electron chi connectivity index (χ1n) is 23.1. The average Bonchev–Trinajstić information content (AvgIpc) is 3.95. The van der Waals surface area contributed by atoms with Crippen LogP contribution >= 0.6 is 0 Å². The van der Waals surface area contributed by atoms with Gasteiger partial charge in [-0.3, -0.25) is 0 Å². The number of benzene rings is 10. The molecule has 2 nitrogen and oxygen atoms in total. The van der Waals surface area contributed by atoms with E-state index >= 15 is 0 Å². The van der Waals surface area contributed by atoms with Crippen LogP contribution in [0.25, 0.3) is 77.6 Å². The summed E-state index contributed by atoms with van der Waals surface area (Å²) < 4.78 is 6.34. The highest BCUT2D eigenvalue weighted by atomic mass is 16.3. The van der Waals surface area contributed by atoms with E-state index in [2.05, 4.69) is 237 Å². The second-order valence-electron chi connectivity index (χ2n) is 18.7. The van der Waals surface area contributed by atoms with Gasteiger partial charge in [-0.2, -0.15) is 0 Å². The predicted molar refractivity (Wildman–Crippen MR) is 273 cm³/mol. The topological polar surface area (TPSA) is 16.4 Å². The fourth-order valence-electron chi connectivity index (χ4n) is 12.3. The Morgan fingerprint density at radius 3 is 1.36 bits per heavy atom. The van der Waals surface area contributed by atoms with Crippen molar-refractivity contribution >= 4 is 39.0 Å². The Bertz CT molecular complexity index is 3740. The van der Waals surface area contributed by atoms with Gasteiger partial charge < -0.3 is 9.32 Å². The number of hydrogen-bond acceptors (Lipinski definition) is 2. The van der Waals surface area contributed by atoms with Crippen LogP contribution in [0.4, 0.5) is 17.1 Å². The highest BCUT2D eigenvalue weighted by Gasteiger charge is 2.50. The van der Waals surface area contributed by atoms with E-state index in [0.717, 1.165) is 50.1 Å². The largest absolute Gasteiger partial charge is 0.456 e. The average molecular weight is 842 g/mol. The van der Waals surface area contributed by atoms with Crippen molar-refractivity contribution in [2.24, 2.45) is 0 Å². The number of fused-ring (bicyclic) bond motifs is 18. The minimum absolute atomic E-state index is 0.157.